The fourth-order valence-electron chi connectivity index (χ4n) is 3.09. The van der Waals surface area contributed by atoms with Gasteiger partial charge in [-0.15, -0.1) is 0 Å². The second-order valence-electron chi connectivity index (χ2n) is 6.59. The van der Waals surface area contributed by atoms with Crippen molar-refractivity contribution in [1.29, 1.82) is 0 Å². The van der Waals surface area contributed by atoms with Gasteiger partial charge in [0.05, 0.1) is 6.07 Å². The Labute approximate surface area is 156 Å². The molecule has 0 spiro atoms. The predicted octanol–water partition coefficient (Wildman–Crippen LogP) is 2.59. The van der Waals surface area contributed by atoms with E-state index in [2.05, 4.69) is 5.32 Å². The highest BCUT2D eigenvalue weighted by Gasteiger charge is 2.25. The van der Waals surface area contributed by atoms with Gasteiger partial charge in [0.2, 0.25) is 5.91 Å². The van der Waals surface area contributed by atoms with Gasteiger partial charge in [-0.1, -0.05) is 0 Å². The van der Waals surface area contributed by atoms with E-state index < -0.39 is 5.63 Å². The summed E-state index contributed by atoms with van der Waals surface area (Å²) in [6.45, 7) is 4.30. The number of amides is 2. The van der Waals surface area contributed by atoms with Gasteiger partial charge in [-0.2, -0.15) is 0 Å². The van der Waals surface area contributed by atoms with Gasteiger partial charge in [0.1, 0.15) is 17.6 Å². The van der Waals surface area contributed by atoms with E-state index in [9.17, 15) is 14.4 Å². The number of hydrogen-bond donors (Lipinski definition) is 1. The van der Waals surface area contributed by atoms with Gasteiger partial charge >= 0.3 is 5.63 Å². The number of carbonyl (C=O) groups is 2. The number of carbonyl (C=O) groups excluding carboxylic acids is 2. The van der Waals surface area contributed by atoms with Crippen LogP contribution in [0.5, 0.6) is 5.75 Å². The minimum atomic E-state index is -0.430. The van der Waals surface area contributed by atoms with Crippen molar-refractivity contribution in [1.82, 2.24) is 4.90 Å². The van der Waals surface area contributed by atoms with E-state index >= 15 is 0 Å². The molecule has 27 heavy (non-hydrogen) atoms. The lowest BCUT2D eigenvalue weighted by molar-refractivity contribution is -0.114. The summed E-state index contributed by atoms with van der Waals surface area (Å²) in [7, 11) is 0. The third-order valence-corrected chi connectivity index (χ3v) is 4.35. The van der Waals surface area contributed by atoms with Crippen molar-refractivity contribution in [3.05, 3.63) is 58.1 Å². The number of nitrogens with zero attached hydrogens (tertiary/aromatic N) is 1. The second kappa shape index (κ2) is 8.07. The van der Waals surface area contributed by atoms with E-state index in [1.54, 1.807) is 42.2 Å². The maximum absolute atomic E-state index is 12.6. The van der Waals surface area contributed by atoms with Crippen LogP contribution in [0.1, 0.15) is 35.9 Å². The second-order valence-corrected chi connectivity index (χ2v) is 6.59. The molecular formula is C20H22N2O5. The van der Waals surface area contributed by atoms with Crippen LogP contribution in [0.25, 0.3) is 0 Å². The topological polar surface area (TPSA) is 88.8 Å². The molecule has 1 aliphatic rings. The van der Waals surface area contributed by atoms with E-state index in [-0.39, 0.29) is 17.9 Å². The van der Waals surface area contributed by atoms with Crippen molar-refractivity contribution in [3.63, 3.8) is 0 Å². The lowest BCUT2D eigenvalue weighted by atomic mass is 10.1. The van der Waals surface area contributed by atoms with Crippen molar-refractivity contribution in [2.24, 2.45) is 0 Å². The molecule has 0 unspecified atom stereocenters. The summed E-state index contributed by atoms with van der Waals surface area (Å²) in [4.78, 5) is 36.9. The summed E-state index contributed by atoms with van der Waals surface area (Å²) >= 11 is 0. The van der Waals surface area contributed by atoms with E-state index in [0.717, 1.165) is 0 Å². The van der Waals surface area contributed by atoms with E-state index in [4.69, 9.17) is 9.15 Å². The van der Waals surface area contributed by atoms with Crippen LogP contribution in [0.15, 0.2) is 45.6 Å². The van der Waals surface area contributed by atoms with E-state index in [0.29, 0.717) is 48.7 Å². The zero-order chi connectivity index (χ0) is 19.4. The Bertz CT molecular complexity index is 880. The number of aryl methyl sites for hydroxylation is 1. The lowest BCUT2D eigenvalue weighted by Crippen LogP contribution is -2.41. The first-order valence-corrected chi connectivity index (χ1v) is 8.86. The first-order chi connectivity index (χ1) is 12.9. The Kier molecular flexibility index (Phi) is 5.59. The lowest BCUT2D eigenvalue weighted by Gasteiger charge is -2.32. The molecule has 1 N–H and O–H groups in total. The maximum atomic E-state index is 12.6. The molecule has 0 saturated carbocycles. The van der Waals surface area contributed by atoms with Crippen LogP contribution in [0, 0.1) is 6.92 Å². The Balaban J connectivity index is 1.56. The summed E-state index contributed by atoms with van der Waals surface area (Å²) in [6.07, 6.45) is 1.33. The fraction of sp³-hybridized carbons (Fsp3) is 0.350. The minimum Gasteiger partial charge on any atom is -0.490 e. The van der Waals surface area contributed by atoms with Crippen molar-refractivity contribution in [2.75, 3.05) is 18.4 Å². The summed E-state index contributed by atoms with van der Waals surface area (Å²) in [5, 5.41) is 2.68. The third kappa shape index (κ3) is 4.97. The summed E-state index contributed by atoms with van der Waals surface area (Å²) in [5.74, 6) is 0.816. The van der Waals surface area contributed by atoms with Crippen molar-refractivity contribution in [3.8, 4) is 5.75 Å². The quantitative estimate of drug-likeness (QED) is 0.894. The van der Waals surface area contributed by atoms with Crippen LogP contribution < -0.4 is 15.7 Å². The van der Waals surface area contributed by atoms with Gasteiger partial charge in [-0.05, 0) is 31.2 Å². The average molecular weight is 370 g/mol. The van der Waals surface area contributed by atoms with Crippen molar-refractivity contribution >= 4 is 17.5 Å². The molecular weight excluding hydrogens is 348 g/mol. The van der Waals surface area contributed by atoms with Crippen molar-refractivity contribution in [2.45, 2.75) is 32.8 Å². The van der Waals surface area contributed by atoms with Gasteiger partial charge in [-0.3, -0.25) is 9.59 Å². The molecule has 142 valence electrons. The first-order valence-electron chi connectivity index (χ1n) is 8.86. The smallest absolute Gasteiger partial charge is 0.339 e. The molecule has 2 amide bonds. The summed E-state index contributed by atoms with van der Waals surface area (Å²) < 4.78 is 10.8. The Morgan fingerprint density at radius 1 is 1.15 bits per heavy atom. The standard InChI is InChI=1S/C20H22N2O5/c1-13-11-18(12-19(24)26-13)27-17-7-9-22(10-8-17)20(25)15-3-5-16(6-4-15)21-14(2)23/h3-6,11-12,17H,7-10H2,1-2H3,(H,21,23). The van der Waals surface area contributed by atoms with Crippen LogP contribution in [0.3, 0.4) is 0 Å². The van der Waals surface area contributed by atoms with Crippen LogP contribution in [-0.2, 0) is 4.79 Å². The summed E-state index contributed by atoms with van der Waals surface area (Å²) in [6, 6.07) is 9.88. The molecule has 1 aliphatic heterocycles. The van der Waals surface area contributed by atoms with Crippen LogP contribution in [0.4, 0.5) is 5.69 Å². The molecule has 1 aromatic heterocycles. The number of benzene rings is 1. The SMILES string of the molecule is CC(=O)Nc1ccc(C(=O)N2CCC(Oc3cc(C)oc(=O)c3)CC2)cc1. The highest BCUT2D eigenvalue weighted by Crippen LogP contribution is 2.20. The Morgan fingerprint density at radius 2 is 1.81 bits per heavy atom. The number of nitrogens with one attached hydrogen (secondary N) is 1. The van der Waals surface area contributed by atoms with Gasteiger partial charge in [0.25, 0.3) is 5.91 Å². The van der Waals surface area contributed by atoms with Gasteiger partial charge < -0.3 is 19.4 Å². The minimum absolute atomic E-state index is 0.0426. The Morgan fingerprint density at radius 3 is 2.41 bits per heavy atom. The van der Waals surface area contributed by atoms with E-state index in [1.165, 1.54) is 13.0 Å². The molecule has 1 fully saturated rings. The average Bonchev–Trinajstić information content (AvgIpc) is 2.61. The molecule has 0 bridgehead atoms. The van der Waals surface area contributed by atoms with Gasteiger partial charge in [0, 0.05) is 50.2 Å². The number of ether oxygens (including phenoxy) is 1. The number of piperidine rings is 1. The monoisotopic (exact) mass is 370 g/mol. The Hall–Kier alpha value is -3.09. The van der Waals surface area contributed by atoms with Crippen LogP contribution >= 0.6 is 0 Å². The molecule has 1 saturated heterocycles. The molecule has 7 nitrogen and oxygen atoms in total. The molecule has 0 radical (unpaired) electrons. The highest BCUT2D eigenvalue weighted by atomic mass is 16.5. The molecule has 2 heterocycles. The first kappa shape index (κ1) is 18.7. The molecule has 2 aromatic rings. The third-order valence-electron chi connectivity index (χ3n) is 4.35. The zero-order valence-electron chi connectivity index (χ0n) is 15.4. The molecule has 1 aromatic carbocycles. The zero-order valence-corrected chi connectivity index (χ0v) is 15.4. The largest absolute Gasteiger partial charge is 0.490 e. The molecule has 3 rings (SSSR count). The number of anilines is 1. The normalized spacial score (nSPS) is 14.7. The van der Waals surface area contributed by atoms with Crippen LogP contribution in [-0.4, -0.2) is 35.9 Å². The number of hydrogen-bond acceptors (Lipinski definition) is 5. The predicted molar refractivity (Wildman–Crippen MR) is 100 cm³/mol. The number of rotatable bonds is 4. The fourth-order valence-corrected chi connectivity index (χ4v) is 3.09. The molecule has 0 aliphatic carbocycles. The van der Waals surface area contributed by atoms with E-state index in [1.807, 2.05) is 0 Å². The number of likely N-dealkylation sites (tertiary alicyclic amines) is 1. The maximum Gasteiger partial charge on any atom is 0.339 e. The highest BCUT2D eigenvalue weighted by molar-refractivity contribution is 5.95. The van der Waals surface area contributed by atoms with Crippen LogP contribution in [0.2, 0.25) is 0 Å². The molecule has 0 atom stereocenters. The molecule has 7 heteroatoms. The van der Waals surface area contributed by atoms with Gasteiger partial charge in [0.15, 0.2) is 0 Å². The summed E-state index contributed by atoms with van der Waals surface area (Å²) in [5.41, 5.74) is 0.814. The van der Waals surface area contributed by atoms with Gasteiger partial charge in [-0.25, -0.2) is 4.79 Å². The van der Waals surface area contributed by atoms with Crippen molar-refractivity contribution < 1.29 is 18.7 Å².